The van der Waals surface area contributed by atoms with Crippen LogP contribution in [0.2, 0.25) is 0 Å². The highest BCUT2D eigenvalue weighted by Crippen LogP contribution is 2.25. The first-order chi connectivity index (χ1) is 35.0. The lowest BCUT2D eigenvalue weighted by Gasteiger charge is -2.26. The first-order valence-electron chi connectivity index (χ1n) is 26.0. The molecular formula is C53H78N6O15. The third-order valence-corrected chi connectivity index (χ3v) is 13.6. The number of amides is 5. The SMILES string of the molecule is CCCCC[C@H](CC(=O)[C@@H]1CCCN1C(=O)CCC(=O)[C@H](C)NC(=O)[C@@H](CC(=O)[C@H](Cc1ccccc1)NC(=O)[C@H](CC(=O)O)CC(=O)[C@H](CCC(N)=O)NC(=O)CCC(=O)[C@@H]1C[C@@H](O)CN1)CC(C)C)C(=O)O. The molecule has 2 saturated heterocycles. The summed E-state index contributed by atoms with van der Waals surface area (Å²) in [5, 5.41) is 39.9. The van der Waals surface area contributed by atoms with Crippen molar-refractivity contribution in [2.45, 2.75) is 186 Å². The van der Waals surface area contributed by atoms with Crippen LogP contribution in [-0.2, 0) is 64.0 Å². The molecule has 1 aromatic carbocycles. The summed E-state index contributed by atoms with van der Waals surface area (Å²) in [4.78, 5) is 159. The summed E-state index contributed by atoms with van der Waals surface area (Å²) in [5.41, 5.74) is 5.93. The molecule has 9 atom stereocenters. The maximum absolute atomic E-state index is 14.3. The molecule has 21 nitrogen and oxygen atoms in total. The number of rotatable bonds is 36. The van der Waals surface area contributed by atoms with Gasteiger partial charge in [0.1, 0.15) is 5.78 Å². The monoisotopic (exact) mass is 1040 g/mol. The number of nitrogens with one attached hydrogen (secondary N) is 4. The number of Topliss-reactive ketones (excluding diaryl/α,β-unsaturated/α-hetero) is 5. The number of nitrogens with two attached hydrogens (primary N) is 1. The van der Waals surface area contributed by atoms with Gasteiger partial charge in [0.05, 0.1) is 54.6 Å². The minimum absolute atomic E-state index is 0.0913. The number of hydrogen-bond donors (Lipinski definition) is 8. The third kappa shape index (κ3) is 21.7. The Balaban J connectivity index is 1.72. The summed E-state index contributed by atoms with van der Waals surface area (Å²) in [6.07, 6.45) is -0.691. The number of benzene rings is 1. The fourth-order valence-electron chi connectivity index (χ4n) is 9.45. The number of aliphatic hydroxyl groups excluding tert-OH is 1. The molecular weight excluding hydrogens is 961 g/mol. The normalized spacial score (nSPS) is 18.8. The van der Waals surface area contributed by atoms with Crippen LogP contribution in [0.1, 0.15) is 149 Å². The molecule has 0 aliphatic carbocycles. The number of ketones is 5. The number of nitrogens with zero attached hydrogens (tertiary/aromatic N) is 1. The Morgan fingerprint density at radius 3 is 1.99 bits per heavy atom. The number of aliphatic carboxylic acids is 2. The molecule has 74 heavy (non-hydrogen) atoms. The van der Waals surface area contributed by atoms with E-state index in [1.54, 1.807) is 30.3 Å². The van der Waals surface area contributed by atoms with Crippen LogP contribution in [0.3, 0.4) is 0 Å². The lowest BCUT2D eigenvalue weighted by Crippen LogP contribution is -2.49. The van der Waals surface area contributed by atoms with Crippen molar-refractivity contribution < 1.29 is 72.9 Å². The quantitative estimate of drug-likeness (QED) is 0.0447. The fourth-order valence-corrected chi connectivity index (χ4v) is 9.45. The molecule has 5 amide bonds. The predicted molar refractivity (Wildman–Crippen MR) is 268 cm³/mol. The first-order valence-corrected chi connectivity index (χ1v) is 26.0. The number of carboxylic acids is 2. The average Bonchev–Trinajstić information content (AvgIpc) is 4.02. The van der Waals surface area contributed by atoms with Gasteiger partial charge in [-0.2, -0.15) is 0 Å². The Morgan fingerprint density at radius 1 is 0.716 bits per heavy atom. The largest absolute Gasteiger partial charge is 0.481 e. The molecule has 0 spiro atoms. The summed E-state index contributed by atoms with van der Waals surface area (Å²) in [6.45, 7) is 7.59. The van der Waals surface area contributed by atoms with E-state index in [0.29, 0.717) is 31.2 Å². The summed E-state index contributed by atoms with van der Waals surface area (Å²) in [5.74, 6) is -12.2. The standard InChI is InChI=1S/C53H78N6O15/c1-5-6-8-14-34(53(73)74)25-46(65)41-15-11-22-59(41)49(68)21-18-42(61)32(4)56-51(71)35(23-31(2)3)26-45(64)40(24-33-12-9-7-10-13-33)58-52(72)36(28-50(69)70)27-44(63)38(16-19-47(54)66)57-48(67)20-17-43(62)39-29-37(60)30-55-39/h7,9-10,12-13,31-32,34-41,55,60H,5-6,8,11,14-30H2,1-4H3,(H2,54,66)(H,56,71)(H,57,67)(H,58,72)(H,69,70)(H,73,74)/t32-,34+,35+,36-,37+,38-,39-,40-,41-/m0/s1. The summed E-state index contributed by atoms with van der Waals surface area (Å²) in [7, 11) is 0. The van der Waals surface area contributed by atoms with Crippen molar-refractivity contribution in [3.63, 3.8) is 0 Å². The second kappa shape index (κ2) is 31.5. The van der Waals surface area contributed by atoms with Gasteiger partial charge < -0.3 is 47.2 Å². The number of unbranched alkanes of at least 4 members (excludes halogenated alkanes) is 2. The lowest BCUT2D eigenvalue weighted by molar-refractivity contribution is -0.145. The zero-order chi connectivity index (χ0) is 55.1. The Morgan fingerprint density at radius 2 is 1.38 bits per heavy atom. The van der Waals surface area contributed by atoms with E-state index in [0.717, 1.165) is 12.8 Å². The van der Waals surface area contributed by atoms with Crippen molar-refractivity contribution in [3.05, 3.63) is 35.9 Å². The van der Waals surface area contributed by atoms with Gasteiger partial charge >= 0.3 is 11.9 Å². The van der Waals surface area contributed by atoms with Gasteiger partial charge in [-0.05, 0) is 63.4 Å². The molecule has 410 valence electrons. The minimum Gasteiger partial charge on any atom is -0.481 e. The Labute approximate surface area is 432 Å². The zero-order valence-electron chi connectivity index (χ0n) is 43.3. The first kappa shape index (κ1) is 62.1. The highest BCUT2D eigenvalue weighted by atomic mass is 16.4. The van der Waals surface area contributed by atoms with E-state index in [1.165, 1.54) is 11.8 Å². The molecule has 2 fully saturated rings. The molecule has 2 aliphatic rings. The molecule has 3 rings (SSSR count). The van der Waals surface area contributed by atoms with Crippen molar-refractivity contribution in [1.82, 2.24) is 26.2 Å². The van der Waals surface area contributed by atoms with Crippen LogP contribution in [0.5, 0.6) is 0 Å². The maximum Gasteiger partial charge on any atom is 0.306 e. The van der Waals surface area contributed by atoms with E-state index in [1.807, 2.05) is 20.8 Å². The van der Waals surface area contributed by atoms with Crippen LogP contribution >= 0.6 is 0 Å². The van der Waals surface area contributed by atoms with E-state index in [2.05, 4.69) is 21.3 Å². The predicted octanol–water partition coefficient (Wildman–Crippen LogP) is 2.29. The number of carboxylic acid groups (broad SMARTS) is 2. The molecule has 0 aromatic heterocycles. The fraction of sp³-hybridized carbons (Fsp3) is 0.660. The topological polar surface area (TPSA) is 343 Å². The molecule has 2 heterocycles. The highest BCUT2D eigenvalue weighted by molar-refractivity contribution is 5.98. The van der Waals surface area contributed by atoms with Crippen molar-refractivity contribution >= 4 is 70.4 Å². The molecule has 2 aliphatic heterocycles. The van der Waals surface area contributed by atoms with Gasteiger partial charge in [0.25, 0.3) is 0 Å². The Kier molecular flexibility index (Phi) is 26.4. The number of carbonyl (C=O) groups is 12. The highest BCUT2D eigenvalue weighted by Gasteiger charge is 2.38. The molecule has 0 saturated carbocycles. The van der Waals surface area contributed by atoms with Crippen molar-refractivity contribution in [3.8, 4) is 0 Å². The van der Waals surface area contributed by atoms with Crippen LogP contribution in [0, 0.1) is 23.7 Å². The zero-order valence-corrected chi connectivity index (χ0v) is 43.3. The Hall–Kier alpha value is -6.22. The lowest BCUT2D eigenvalue weighted by atomic mass is 9.87. The van der Waals surface area contributed by atoms with Crippen molar-refractivity contribution in [2.75, 3.05) is 13.1 Å². The average molecular weight is 1040 g/mol. The van der Waals surface area contributed by atoms with Crippen LogP contribution in [0.4, 0.5) is 0 Å². The molecule has 0 unspecified atom stereocenters. The van der Waals surface area contributed by atoms with Crippen molar-refractivity contribution in [1.29, 1.82) is 0 Å². The molecule has 21 heteroatoms. The number of hydrogen-bond acceptors (Lipinski definition) is 14. The van der Waals surface area contributed by atoms with Crippen LogP contribution in [0.25, 0.3) is 0 Å². The molecule has 0 radical (unpaired) electrons. The molecule has 0 bridgehead atoms. The van der Waals surface area contributed by atoms with Crippen LogP contribution in [0.15, 0.2) is 30.3 Å². The van der Waals surface area contributed by atoms with Crippen LogP contribution in [-0.4, -0.2) is 140 Å². The number of aliphatic hydroxyl groups is 1. The summed E-state index contributed by atoms with van der Waals surface area (Å²) >= 11 is 0. The summed E-state index contributed by atoms with van der Waals surface area (Å²) in [6, 6.07) is 3.28. The Bertz CT molecular complexity index is 2150. The van der Waals surface area contributed by atoms with E-state index in [4.69, 9.17) is 5.73 Å². The van der Waals surface area contributed by atoms with Crippen LogP contribution < -0.4 is 27.0 Å². The van der Waals surface area contributed by atoms with Gasteiger partial charge in [-0.25, -0.2) is 0 Å². The molecule has 9 N–H and O–H groups in total. The summed E-state index contributed by atoms with van der Waals surface area (Å²) < 4.78 is 0. The van der Waals surface area contributed by atoms with Gasteiger partial charge in [-0.1, -0.05) is 70.4 Å². The van der Waals surface area contributed by atoms with Gasteiger partial charge in [0.15, 0.2) is 23.1 Å². The number of primary amides is 1. The minimum atomic E-state index is -1.57. The van der Waals surface area contributed by atoms with E-state index in [-0.39, 0.29) is 94.8 Å². The van der Waals surface area contributed by atoms with Crippen molar-refractivity contribution in [2.24, 2.45) is 29.4 Å². The maximum atomic E-state index is 14.3. The van der Waals surface area contributed by atoms with E-state index in [9.17, 15) is 72.9 Å². The molecule has 1 aromatic rings. The van der Waals surface area contributed by atoms with Gasteiger partial charge in [-0.3, -0.25) is 57.5 Å². The van der Waals surface area contributed by atoms with Gasteiger partial charge in [0.2, 0.25) is 29.5 Å². The second-order valence-electron chi connectivity index (χ2n) is 20.3. The van der Waals surface area contributed by atoms with E-state index >= 15 is 0 Å². The number of carbonyl (C=O) groups excluding carboxylic acids is 10. The van der Waals surface area contributed by atoms with E-state index < -0.39 is 132 Å². The van der Waals surface area contributed by atoms with Gasteiger partial charge in [0, 0.05) is 70.4 Å². The smallest absolute Gasteiger partial charge is 0.306 e. The number of likely N-dealkylation sites (tertiary alicyclic amines) is 1. The second-order valence-corrected chi connectivity index (χ2v) is 20.3. The third-order valence-electron chi connectivity index (χ3n) is 13.6. The van der Waals surface area contributed by atoms with Gasteiger partial charge in [-0.15, -0.1) is 0 Å². The number of β-amino-alcohol motifs (C(OH)–C–C–N with tert-alkyl or cyclic N) is 1.